The van der Waals surface area contributed by atoms with Gasteiger partial charge < -0.3 is 20.0 Å². The molecule has 3 amide bonds. The van der Waals surface area contributed by atoms with Crippen LogP contribution in [0.25, 0.3) is 11.5 Å². The minimum Gasteiger partial charge on any atom is -0.421 e. The number of nitrogens with zero attached hydrogens (tertiary/aromatic N) is 4. The number of anilines is 1. The molecule has 0 saturated carbocycles. The number of fused-ring (bicyclic) bond motifs is 1. The number of rotatable bonds is 2. The van der Waals surface area contributed by atoms with Crippen LogP contribution in [0.2, 0.25) is 0 Å². The van der Waals surface area contributed by atoms with Gasteiger partial charge in [0.15, 0.2) is 0 Å². The normalized spacial score (nSPS) is 20.1. The first-order chi connectivity index (χ1) is 13.0. The molecule has 1 aromatic heterocycles. The van der Waals surface area contributed by atoms with E-state index in [4.69, 9.17) is 4.42 Å². The first-order valence-corrected chi connectivity index (χ1v) is 9.00. The maximum Gasteiger partial charge on any atom is 0.321 e. The topological polar surface area (TPSA) is 104 Å². The van der Waals surface area contributed by atoms with Crippen LogP contribution < -0.4 is 10.6 Å². The molecule has 1 aromatic carbocycles. The summed E-state index contributed by atoms with van der Waals surface area (Å²) in [6.07, 6.45) is 0. The highest BCUT2D eigenvalue weighted by Crippen LogP contribution is 2.25. The predicted octanol–water partition coefficient (Wildman–Crippen LogP) is 1.00. The lowest BCUT2D eigenvalue weighted by Gasteiger charge is -2.42. The number of urea groups is 1. The monoisotopic (exact) mass is 370 g/mol. The maximum absolute atomic E-state index is 12.8. The molecular weight excluding hydrogens is 348 g/mol. The number of piperazine rings is 2. The number of carbonyl (C=O) groups excluding carboxylic acids is 2. The number of amides is 3. The Morgan fingerprint density at radius 3 is 2.89 bits per heavy atom. The molecule has 4 rings (SSSR count). The molecule has 142 valence electrons. The van der Waals surface area contributed by atoms with Gasteiger partial charge in [0.25, 0.3) is 0 Å². The van der Waals surface area contributed by atoms with E-state index in [9.17, 15) is 9.59 Å². The summed E-state index contributed by atoms with van der Waals surface area (Å²) in [6.45, 7) is 6.83. The van der Waals surface area contributed by atoms with Crippen LogP contribution in [0.1, 0.15) is 11.5 Å². The van der Waals surface area contributed by atoms with E-state index in [1.807, 2.05) is 25.1 Å². The molecule has 0 unspecified atom stereocenters. The van der Waals surface area contributed by atoms with Gasteiger partial charge in [-0.1, -0.05) is 6.07 Å². The summed E-state index contributed by atoms with van der Waals surface area (Å²) in [5, 5.41) is 13.7. The molecule has 9 heteroatoms. The molecule has 2 fully saturated rings. The largest absolute Gasteiger partial charge is 0.421 e. The summed E-state index contributed by atoms with van der Waals surface area (Å²) in [7, 11) is 0. The van der Waals surface area contributed by atoms with Gasteiger partial charge in [-0.05, 0) is 24.6 Å². The van der Waals surface area contributed by atoms with Gasteiger partial charge in [-0.15, -0.1) is 10.2 Å². The van der Waals surface area contributed by atoms with Crippen LogP contribution in [0.15, 0.2) is 22.6 Å². The molecule has 0 bridgehead atoms. The molecule has 2 N–H and O–H groups in total. The Morgan fingerprint density at radius 2 is 2.11 bits per heavy atom. The first-order valence-electron chi connectivity index (χ1n) is 9.00. The summed E-state index contributed by atoms with van der Waals surface area (Å²) in [5.74, 6) is 0.888. The van der Waals surface area contributed by atoms with Crippen LogP contribution in [0.3, 0.4) is 0 Å². The molecule has 2 saturated heterocycles. The molecule has 0 aliphatic carbocycles. The lowest BCUT2D eigenvalue weighted by molar-refractivity contribution is -0.131. The Morgan fingerprint density at radius 1 is 1.26 bits per heavy atom. The third-order valence-corrected chi connectivity index (χ3v) is 5.03. The minimum atomic E-state index is -0.271. The van der Waals surface area contributed by atoms with Gasteiger partial charge in [0.2, 0.25) is 17.7 Å². The zero-order valence-corrected chi connectivity index (χ0v) is 15.4. The van der Waals surface area contributed by atoms with E-state index in [0.29, 0.717) is 43.6 Å². The summed E-state index contributed by atoms with van der Waals surface area (Å²) in [5.41, 5.74) is 2.36. The van der Waals surface area contributed by atoms with Crippen molar-refractivity contribution in [2.45, 2.75) is 19.9 Å². The fraction of sp³-hybridized carbons (Fsp3) is 0.444. The standard InChI is InChI=1S/C18H22N6O3/c1-11-3-4-13(17-22-21-12(2)27-17)9-14(11)20-18(26)24-8-7-23-6-5-19-16(25)15(23)10-24/h3-4,9,15H,5-8,10H2,1-2H3,(H,19,25)(H,20,26)/t15-/m0/s1. The van der Waals surface area contributed by atoms with E-state index in [1.54, 1.807) is 11.8 Å². The molecule has 9 nitrogen and oxygen atoms in total. The second-order valence-electron chi connectivity index (χ2n) is 6.87. The summed E-state index contributed by atoms with van der Waals surface area (Å²) in [6, 6.07) is 5.12. The Hall–Kier alpha value is -2.94. The number of aromatic nitrogens is 2. The summed E-state index contributed by atoms with van der Waals surface area (Å²) in [4.78, 5) is 28.7. The van der Waals surface area contributed by atoms with Crippen LogP contribution in [0, 0.1) is 13.8 Å². The molecule has 1 atom stereocenters. The van der Waals surface area contributed by atoms with E-state index < -0.39 is 0 Å². The van der Waals surface area contributed by atoms with Gasteiger partial charge in [0.1, 0.15) is 6.04 Å². The van der Waals surface area contributed by atoms with Crippen LogP contribution in [-0.2, 0) is 4.79 Å². The highest BCUT2D eigenvalue weighted by atomic mass is 16.4. The molecule has 27 heavy (non-hydrogen) atoms. The maximum atomic E-state index is 12.8. The average molecular weight is 370 g/mol. The fourth-order valence-electron chi connectivity index (χ4n) is 3.46. The molecule has 0 spiro atoms. The highest BCUT2D eigenvalue weighted by molar-refractivity contribution is 5.92. The van der Waals surface area contributed by atoms with Crippen LogP contribution >= 0.6 is 0 Å². The number of aryl methyl sites for hydroxylation is 2. The number of hydrogen-bond acceptors (Lipinski definition) is 6. The number of hydrogen-bond donors (Lipinski definition) is 2. The van der Waals surface area contributed by atoms with E-state index in [2.05, 4.69) is 25.7 Å². The van der Waals surface area contributed by atoms with E-state index in [1.165, 1.54) is 0 Å². The van der Waals surface area contributed by atoms with Crippen molar-refractivity contribution in [1.82, 2.24) is 25.3 Å². The van der Waals surface area contributed by atoms with Crippen molar-refractivity contribution in [3.05, 3.63) is 29.7 Å². The molecule has 2 aromatic rings. The Labute approximate surface area is 156 Å². The fourth-order valence-corrected chi connectivity index (χ4v) is 3.46. The second kappa shape index (κ2) is 6.99. The lowest BCUT2D eigenvalue weighted by Crippen LogP contribution is -2.64. The van der Waals surface area contributed by atoms with Gasteiger partial charge in [0.05, 0.1) is 0 Å². The third kappa shape index (κ3) is 3.50. The number of carbonyl (C=O) groups is 2. The summed E-state index contributed by atoms with van der Waals surface area (Å²) < 4.78 is 5.46. The quantitative estimate of drug-likeness (QED) is 0.817. The van der Waals surface area contributed by atoms with Crippen LogP contribution in [-0.4, -0.2) is 70.7 Å². The van der Waals surface area contributed by atoms with Crippen molar-refractivity contribution in [2.75, 3.05) is 38.0 Å². The van der Waals surface area contributed by atoms with Crippen molar-refractivity contribution >= 4 is 17.6 Å². The molecule has 0 radical (unpaired) electrons. The van der Waals surface area contributed by atoms with Crippen molar-refractivity contribution < 1.29 is 14.0 Å². The first kappa shape index (κ1) is 17.5. The third-order valence-electron chi connectivity index (χ3n) is 5.03. The van der Waals surface area contributed by atoms with E-state index >= 15 is 0 Å². The molecule has 3 heterocycles. The van der Waals surface area contributed by atoms with Crippen molar-refractivity contribution in [3.8, 4) is 11.5 Å². The van der Waals surface area contributed by atoms with Crippen molar-refractivity contribution in [1.29, 1.82) is 0 Å². The van der Waals surface area contributed by atoms with Crippen molar-refractivity contribution in [3.63, 3.8) is 0 Å². The minimum absolute atomic E-state index is 0.0105. The van der Waals surface area contributed by atoms with Gasteiger partial charge >= 0.3 is 6.03 Å². The SMILES string of the molecule is Cc1nnc(-c2ccc(C)c(NC(=O)N3CCN4CCNC(=O)[C@@H]4C3)c2)o1. The van der Waals surface area contributed by atoms with E-state index in [-0.39, 0.29) is 18.0 Å². The average Bonchev–Trinajstić information content (AvgIpc) is 3.10. The lowest BCUT2D eigenvalue weighted by atomic mass is 10.1. The number of benzene rings is 1. The molecular formula is C18H22N6O3. The number of nitrogens with one attached hydrogen (secondary N) is 2. The van der Waals surface area contributed by atoms with E-state index in [0.717, 1.165) is 17.7 Å². The van der Waals surface area contributed by atoms with Crippen LogP contribution in [0.4, 0.5) is 10.5 Å². The zero-order valence-electron chi connectivity index (χ0n) is 15.4. The highest BCUT2D eigenvalue weighted by Gasteiger charge is 2.36. The predicted molar refractivity (Wildman–Crippen MR) is 98.2 cm³/mol. The Bertz CT molecular complexity index is 880. The molecule has 2 aliphatic rings. The Kier molecular flexibility index (Phi) is 4.53. The second-order valence-corrected chi connectivity index (χ2v) is 6.87. The van der Waals surface area contributed by atoms with Gasteiger partial charge in [-0.25, -0.2) is 4.79 Å². The smallest absolute Gasteiger partial charge is 0.321 e. The Balaban J connectivity index is 1.48. The summed E-state index contributed by atoms with van der Waals surface area (Å²) >= 11 is 0. The van der Waals surface area contributed by atoms with Crippen molar-refractivity contribution in [2.24, 2.45) is 0 Å². The van der Waals surface area contributed by atoms with Crippen LogP contribution in [0.5, 0.6) is 0 Å². The zero-order chi connectivity index (χ0) is 19.0. The van der Waals surface area contributed by atoms with Gasteiger partial charge in [0, 0.05) is 50.9 Å². The van der Waals surface area contributed by atoms with Gasteiger partial charge in [-0.2, -0.15) is 0 Å². The molecule has 2 aliphatic heterocycles. The van der Waals surface area contributed by atoms with Gasteiger partial charge in [-0.3, -0.25) is 9.69 Å².